The quantitative estimate of drug-likeness (QED) is 0.663. The zero-order valence-electron chi connectivity index (χ0n) is 14.9. The van der Waals surface area contributed by atoms with Crippen molar-refractivity contribution in [2.24, 2.45) is 5.92 Å². The summed E-state index contributed by atoms with van der Waals surface area (Å²) in [7, 11) is -7.58. The minimum Gasteiger partial charge on any atom is -0.411 e. The second-order valence-electron chi connectivity index (χ2n) is 6.53. The summed E-state index contributed by atoms with van der Waals surface area (Å²) in [5, 5.41) is 8.37. The summed E-state index contributed by atoms with van der Waals surface area (Å²) in [4.78, 5) is 0.0923. The van der Waals surface area contributed by atoms with E-state index in [0.29, 0.717) is 0 Å². The summed E-state index contributed by atoms with van der Waals surface area (Å²) in [5.41, 5.74) is 0. The zero-order valence-corrected chi connectivity index (χ0v) is 16.6. The normalized spacial score (nSPS) is 13.9. The fraction of sp³-hybridized carbons (Fsp3) is 0.294. The van der Waals surface area contributed by atoms with Crippen LogP contribution in [0.15, 0.2) is 57.0 Å². The number of sulfonamides is 1. The van der Waals surface area contributed by atoms with Gasteiger partial charge in [0.2, 0.25) is 25.8 Å². The van der Waals surface area contributed by atoms with Crippen molar-refractivity contribution in [3.63, 3.8) is 0 Å². The van der Waals surface area contributed by atoms with Crippen molar-refractivity contribution in [2.45, 2.75) is 30.0 Å². The molecule has 0 saturated heterocycles. The smallest absolute Gasteiger partial charge is 0.335 e. The average Bonchev–Trinajstić information content (AvgIpc) is 3.09. The molecule has 27 heavy (non-hydrogen) atoms. The highest BCUT2D eigenvalue weighted by Crippen LogP contribution is 2.26. The van der Waals surface area contributed by atoms with E-state index in [0.717, 1.165) is 17.0 Å². The maximum absolute atomic E-state index is 12.8. The standard InChI is InChI=1S/C17H19N3O5S2/c1-11(2)15(16-18-19-17(25-16)26(3,21)22)20-27(23,24)14-9-8-12-6-4-5-7-13(12)10-14/h4-11,15,20H,1-3H3/t15-/m0/s1. The Morgan fingerprint density at radius 1 is 0.963 bits per heavy atom. The second-order valence-corrected chi connectivity index (χ2v) is 10.1. The highest BCUT2D eigenvalue weighted by Gasteiger charge is 2.30. The van der Waals surface area contributed by atoms with Gasteiger partial charge in [0.25, 0.3) is 0 Å². The molecular formula is C17H19N3O5S2. The molecule has 144 valence electrons. The van der Waals surface area contributed by atoms with Gasteiger partial charge in [0.05, 0.1) is 4.90 Å². The van der Waals surface area contributed by atoms with E-state index < -0.39 is 31.1 Å². The molecule has 1 heterocycles. The van der Waals surface area contributed by atoms with Crippen LogP contribution in [0.2, 0.25) is 0 Å². The van der Waals surface area contributed by atoms with Crippen molar-refractivity contribution >= 4 is 30.6 Å². The summed E-state index contributed by atoms with van der Waals surface area (Å²) < 4.78 is 56.5. The Morgan fingerprint density at radius 2 is 1.63 bits per heavy atom. The monoisotopic (exact) mass is 409 g/mol. The molecule has 0 unspecified atom stereocenters. The first-order chi connectivity index (χ1) is 12.6. The van der Waals surface area contributed by atoms with Crippen molar-refractivity contribution in [1.29, 1.82) is 0 Å². The van der Waals surface area contributed by atoms with Crippen LogP contribution < -0.4 is 4.72 Å². The van der Waals surface area contributed by atoms with Gasteiger partial charge in [0.15, 0.2) is 0 Å². The molecule has 0 fully saturated rings. The molecule has 0 radical (unpaired) electrons. The minimum absolute atomic E-state index is 0.0923. The first-order valence-electron chi connectivity index (χ1n) is 8.12. The maximum atomic E-state index is 12.8. The molecule has 8 nitrogen and oxygen atoms in total. The van der Waals surface area contributed by atoms with Crippen LogP contribution in [0, 0.1) is 5.92 Å². The van der Waals surface area contributed by atoms with Gasteiger partial charge in [-0.15, -0.1) is 5.10 Å². The van der Waals surface area contributed by atoms with E-state index in [2.05, 4.69) is 14.9 Å². The molecule has 10 heteroatoms. The topological polar surface area (TPSA) is 119 Å². The molecule has 1 N–H and O–H groups in total. The van der Waals surface area contributed by atoms with Crippen molar-refractivity contribution in [3.05, 3.63) is 48.4 Å². The van der Waals surface area contributed by atoms with Crippen LogP contribution in [0.4, 0.5) is 0 Å². The van der Waals surface area contributed by atoms with E-state index in [9.17, 15) is 16.8 Å². The van der Waals surface area contributed by atoms with Crippen molar-refractivity contribution in [3.8, 4) is 0 Å². The predicted octanol–water partition coefficient (Wildman–Crippen LogP) is 2.30. The molecule has 2 aromatic carbocycles. The number of sulfone groups is 1. The molecule has 1 atom stereocenters. The molecule has 0 saturated carbocycles. The van der Waals surface area contributed by atoms with Gasteiger partial charge in [-0.05, 0) is 28.8 Å². The van der Waals surface area contributed by atoms with E-state index in [1.165, 1.54) is 6.07 Å². The third kappa shape index (κ3) is 4.18. The molecule has 0 aliphatic carbocycles. The predicted molar refractivity (Wildman–Crippen MR) is 99.3 cm³/mol. The lowest BCUT2D eigenvalue weighted by Crippen LogP contribution is -2.32. The average molecular weight is 409 g/mol. The number of nitrogens with one attached hydrogen (secondary N) is 1. The van der Waals surface area contributed by atoms with Gasteiger partial charge in [-0.2, -0.15) is 4.72 Å². The van der Waals surface area contributed by atoms with Gasteiger partial charge in [-0.1, -0.05) is 49.3 Å². The lowest BCUT2D eigenvalue weighted by molar-refractivity contribution is 0.327. The van der Waals surface area contributed by atoms with Crippen LogP contribution in [-0.4, -0.2) is 33.3 Å². The second kappa shape index (κ2) is 7.02. The number of fused-ring (bicyclic) bond motifs is 1. The van der Waals surface area contributed by atoms with Crippen molar-refractivity contribution < 1.29 is 21.3 Å². The van der Waals surface area contributed by atoms with Gasteiger partial charge < -0.3 is 4.42 Å². The third-order valence-electron chi connectivity index (χ3n) is 3.99. The lowest BCUT2D eigenvalue weighted by atomic mass is 10.1. The summed E-state index contributed by atoms with van der Waals surface area (Å²) in [5.74, 6) is -0.358. The van der Waals surface area contributed by atoms with Gasteiger partial charge in [0.1, 0.15) is 6.04 Å². The van der Waals surface area contributed by atoms with Gasteiger partial charge >= 0.3 is 5.22 Å². The van der Waals surface area contributed by atoms with Crippen LogP contribution in [0.3, 0.4) is 0 Å². The zero-order chi connectivity index (χ0) is 19.8. The molecule has 0 aliphatic heterocycles. The van der Waals surface area contributed by atoms with Gasteiger partial charge in [-0.25, -0.2) is 16.8 Å². The third-order valence-corrected chi connectivity index (χ3v) is 6.22. The molecule has 0 bridgehead atoms. The Labute approximate surface area is 157 Å². The number of benzene rings is 2. The summed E-state index contributed by atoms with van der Waals surface area (Å²) >= 11 is 0. The molecule has 0 spiro atoms. The number of hydrogen-bond acceptors (Lipinski definition) is 7. The lowest BCUT2D eigenvalue weighted by Gasteiger charge is -2.19. The Morgan fingerprint density at radius 3 is 2.22 bits per heavy atom. The summed E-state index contributed by atoms with van der Waals surface area (Å²) in [6.45, 7) is 3.52. The highest BCUT2D eigenvalue weighted by atomic mass is 32.2. The van der Waals surface area contributed by atoms with E-state index in [1.54, 1.807) is 26.0 Å². The molecule has 0 aliphatic rings. The van der Waals surface area contributed by atoms with E-state index in [4.69, 9.17) is 4.42 Å². The fourth-order valence-corrected chi connectivity index (χ4v) is 4.34. The van der Waals surface area contributed by atoms with Crippen LogP contribution in [0.1, 0.15) is 25.8 Å². The minimum atomic E-state index is -3.90. The Bertz CT molecular complexity index is 1180. The molecule has 1 aromatic heterocycles. The number of hydrogen-bond donors (Lipinski definition) is 1. The molecular weight excluding hydrogens is 390 g/mol. The van der Waals surface area contributed by atoms with Crippen LogP contribution in [0.25, 0.3) is 10.8 Å². The van der Waals surface area contributed by atoms with E-state index >= 15 is 0 Å². The number of aromatic nitrogens is 2. The Balaban J connectivity index is 1.96. The number of rotatable bonds is 6. The summed E-state index contributed by atoms with van der Waals surface area (Å²) in [6.07, 6.45) is 0.938. The van der Waals surface area contributed by atoms with Crippen molar-refractivity contribution in [2.75, 3.05) is 6.26 Å². The first kappa shape index (κ1) is 19.5. The van der Waals surface area contributed by atoms with Crippen LogP contribution in [0.5, 0.6) is 0 Å². The highest BCUT2D eigenvalue weighted by molar-refractivity contribution is 7.90. The number of nitrogens with zero attached hydrogens (tertiary/aromatic N) is 2. The van der Waals surface area contributed by atoms with Gasteiger partial charge in [0, 0.05) is 6.26 Å². The SMILES string of the molecule is CC(C)[C@H](NS(=O)(=O)c1ccc2ccccc2c1)c1nnc(S(C)(=O)=O)o1. The van der Waals surface area contributed by atoms with E-state index in [1.807, 2.05) is 24.3 Å². The summed E-state index contributed by atoms with van der Waals surface area (Å²) in [6, 6.07) is 11.4. The molecule has 0 amide bonds. The van der Waals surface area contributed by atoms with Gasteiger partial charge in [-0.3, -0.25) is 0 Å². The molecule has 3 aromatic rings. The Hall–Kier alpha value is -2.30. The largest absolute Gasteiger partial charge is 0.411 e. The van der Waals surface area contributed by atoms with Crippen LogP contribution in [-0.2, 0) is 19.9 Å². The first-order valence-corrected chi connectivity index (χ1v) is 11.5. The maximum Gasteiger partial charge on any atom is 0.335 e. The van der Waals surface area contributed by atoms with E-state index in [-0.39, 0.29) is 16.7 Å². The fourth-order valence-electron chi connectivity index (χ4n) is 2.54. The van der Waals surface area contributed by atoms with Crippen LogP contribution >= 0.6 is 0 Å². The molecule has 3 rings (SSSR count). The van der Waals surface area contributed by atoms with Crippen molar-refractivity contribution in [1.82, 2.24) is 14.9 Å². The Kier molecular flexibility index (Phi) is 5.06.